The Hall–Kier alpha value is -1.37. The molecule has 0 spiro atoms. The zero-order chi connectivity index (χ0) is 19.0. The van der Waals surface area contributed by atoms with Crippen molar-refractivity contribution in [2.75, 3.05) is 26.2 Å². The predicted octanol–water partition coefficient (Wildman–Crippen LogP) is 3.11. The molecule has 154 valence electrons. The number of carbonyl (C=O) groups excluding carboxylic acids is 2. The SMILES string of the molecule is Cl.O=C(c1c(F)cccc1Cl)N1CCN(C(=O)C2CC3CCCCC3N2)CC1. The first-order chi connectivity index (χ1) is 13.0. The van der Waals surface area contributed by atoms with E-state index in [-0.39, 0.29) is 34.9 Å². The molecular weight excluding hydrogens is 404 g/mol. The molecule has 2 aliphatic heterocycles. The number of halogens is 3. The zero-order valence-electron chi connectivity index (χ0n) is 15.7. The number of piperazine rings is 1. The molecule has 4 rings (SSSR count). The number of fused-ring (bicyclic) bond motifs is 1. The van der Waals surface area contributed by atoms with Crippen LogP contribution in [0.5, 0.6) is 0 Å². The molecule has 1 saturated carbocycles. The third-order valence-electron chi connectivity index (χ3n) is 6.22. The van der Waals surface area contributed by atoms with E-state index in [0.29, 0.717) is 38.1 Å². The molecule has 1 N–H and O–H groups in total. The average molecular weight is 430 g/mol. The van der Waals surface area contributed by atoms with Gasteiger partial charge in [-0.25, -0.2) is 4.39 Å². The van der Waals surface area contributed by atoms with Crippen LogP contribution in [0, 0.1) is 11.7 Å². The number of carbonyl (C=O) groups is 2. The third-order valence-corrected chi connectivity index (χ3v) is 6.53. The van der Waals surface area contributed by atoms with E-state index in [9.17, 15) is 14.0 Å². The van der Waals surface area contributed by atoms with Crippen LogP contribution in [-0.4, -0.2) is 59.9 Å². The molecule has 0 bridgehead atoms. The number of hydrogen-bond donors (Lipinski definition) is 1. The maximum atomic E-state index is 14.0. The lowest BCUT2D eigenvalue weighted by atomic mass is 9.85. The fraction of sp³-hybridized carbons (Fsp3) is 0.600. The number of nitrogens with zero attached hydrogens (tertiary/aromatic N) is 2. The summed E-state index contributed by atoms with van der Waals surface area (Å²) >= 11 is 6.01. The van der Waals surface area contributed by atoms with Crippen LogP contribution in [0.2, 0.25) is 5.02 Å². The van der Waals surface area contributed by atoms with Crippen molar-refractivity contribution in [3.05, 3.63) is 34.6 Å². The van der Waals surface area contributed by atoms with Gasteiger partial charge in [-0.15, -0.1) is 12.4 Å². The van der Waals surface area contributed by atoms with Gasteiger partial charge in [0.05, 0.1) is 16.6 Å². The van der Waals surface area contributed by atoms with Crippen LogP contribution in [0.4, 0.5) is 4.39 Å². The quantitative estimate of drug-likeness (QED) is 0.785. The highest BCUT2D eigenvalue weighted by molar-refractivity contribution is 6.33. The summed E-state index contributed by atoms with van der Waals surface area (Å²) in [4.78, 5) is 28.9. The van der Waals surface area contributed by atoms with Gasteiger partial charge in [-0.3, -0.25) is 9.59 Å². The van der Waals surface area contributed by atoms with E-state index in [1.54, 1.807) is 4.90 Å². The molecule has 1 aromatic carbocycles. The fourth-order valence-electron chi connectivity index (χ4n) is 4.72. The molecule has 3 fully saturated rings. The van der Waals surface area contributed by atoms with Gasteiger partial charge in [-0.05, 0) is 37.3 Å². The topological polar surface area (TPSA) is 52.7 Å². The third kappa shape index (κ3) is 4.14. The minimum Gasteiger partial charge on any atom is -0.338 e. The van der Waals surface area contributed by atoms with Crippen molar-refractivity contribution < 1.29 is 14.0 Å². The van der Waals surface area contributed by atoms with Crippen LogP contribution in [0.15, 0.2) is 18.2 Å². The highest BCUT2D eigenvalue weighted by Gasteiger charge is 2.40. The maximum Gasteiger partial charge on any atom is 0.258 e. The molecule has 3 unspecified atom stereocenters. The Morgan fingerprint density at radius 2 is 1.75 bits per heavy atom. The van der Waals surface area contributed by atoms with Gasteiger partial charge in [0.15, 0.2) is 0 Å². The second kappa shape index (κ2) is 8.97. The zero-order valence-corrected chi connectivity index (χ0v) is 17.3. The molecule has 5 nitrogen and oxygen atoms in total. The first-order valence-corrected chi connectivity index (χ1v) is 10.2. The van der Waals surface area contributed by atoms with Gasteiger partial charge in [0.1, 0.15) is 5.82 Å². The monoisotopic (exact) mass is 429 g/mol. The van der Waals surface area contributed by atoms with Crippen LogP contribution in [0.25, 0.3) is 0 Å². The van der Waals surface area contributed by atoms with E-state index in [4.69, 9.17) is 11.6 Å². The van der Waals surface area contributed by atoms with Crippen molar-refractivity contribution in [3.8, 4) is 0 Å². The lowest BCUT2D eigenvalue weighted by Gasteiger charge is -2.36. The van der Waals surface area contributed by atoms with Crippen molar-refractivity contribution in [1.29, 1.82) is 0 Å². The van der Waals surface area contributed by atoms with E-state index in [0.717, 1.165) is 6.42 Å². The van der Waals surface area contributed by atoms with Gasteiger partial charge in [0.25, 0.3) is 5.91 Å². The number of benzene rings is 1. The molecule has 28 heavy (non-hydrogen) atoms. The van der Waals surface area contributed by atoms with Gasteiger partial charge in [0, 0.05) is 32.2 Å². The van der Waals surface area contributed by atoms with Crippen molar-refractivity contribution in [3.63, 3.8) is 0 Å². The minimum absolute atomic E-state index is 0. The van der Waals surface area contributed by atoms with Crippen LogP contribution in [0.1, 0.15) is 42.5 Å². The van der Waals surface area contributed by atoms with Gasteiger partial charge in [0.2, 0.25) is 5.91 Å². The number of amides is 2. The molecule has 1 aromatic rings. The summed E-state index contributed by atoms with van der Waals surface area (Å²) in [6, 6.07) is 4.63. The first-order valence-electron chi connectivity index (χ1n) is 9.82. The lowest BCUT2D eigenvalue weighted by molar-refractivity contribution is -0.134. The number of rotatable bonds is 2. The molecule has 2 heterocycles. The molecular formula is C20H26Cl2FN3O2. The smallest absolute Gasteiger partial charge is 0.258 e. The Bertz CT molecular complexity index is 706. The van der Waals surface area contributed by atoms with Gasteiger partial charge >= 0.3 is 0 Å². The van der Waals surface area contributed by atoms with Crippen LogP contribution < -0.4 is 5.32 Å². The highest BCUT2D eigenvalue weighted by atomic mass is 35.5. The normalized spacial score (nSPS) is 27.1. The van der Waals surface area contributed by atoms with Crippen LogP contribution in [-0.2, 0) is 4.79 Å². The Labute approximate surface area is 176 Å². The van der Waals surface area contributed by atoms with Crippen molar-refractivity contribution in [2.45, 2.75) is 44.2 Å². The molecule has 3 aliphatic rings. The predicted molar refractivity (Wildman–Crippen MR) is 108 cm³/mol. The number of nitrogens with one attached hydrogen (secondary N) is 1. The van der Waals surface area contributed by atoms with Crippen LogP contribution in [0.3, 0.4) is 0 Å². The fourth-order valence-corrected chi connectivity index (χ4v) is 4.96. The van der Waals surface area contributed by atoms with E-state index < -0.39 is 11.7 Å². The van der Waals surface area contributed by atoms with Crippen LogP contribution >= 0.6 is 24.0 Å². The maximum absolute atomic E-state index is 14.0. The molecule has 8 heteroatoms. The summed E-state index contributed by atoms with van der Waals surface area (Å²) in [6.07, 6.45) is 5.82. The Kier molecular flexibility index (Phi) is 6.84. The van der Waals surface area contributed by atoms with Crippen molar-refractivity contribution in [1.82, 2.24) is 15.1 Å². The summed E-state index contributed by atoms with van der Waals surface area (Å²) < 4.78 is 14.0. The van der Waals surface area contributed by atoms with E-state index in [1.807, 2.05) is 4.90 Å². The Balaban J connectivity index is 0.00000225. The standard InChI is InChI=1S/C20H25ClFN3O2.ClH/c21-14-5-3-6-15(22)18(14)20(27)25-10-8-24(9-11-25)19(26)17-12-13-4-1-2-7-16(13)23-17;/h3,5-6,13,16-17,23H,1-2,4,7-12H2;1H. The van der Waals surface area contributed by atoms with E-state index >= 15 is 0 Å². The van der Waals surface area contributed by atoms with Crippen molar-refractivity contribution >= 4 is 35.8 Å². The highest BCUT2D eigenvalue weighted by Crippen LogP contribution is 2.33. The molecule has 2 saturated heterocycles. The van der Waals surface area contributed by atoms with Gasteiger partial charge in [-0.2, -0.15) is 0 Å². The second-order valence-corrected chi connectivity index (χ2v) is 8.23. The van der Waals surface area contributed by atoms with E-state index in [2.05, 4.69) is 5.32 Å². The molecule has 0 radical (unpaired) electrons. The largest absolute Gasteiger partial charge is 0.338 e. The lowest BCUT2D eigenvalue weighted by Crippen LogP contribution is -2.54. The summed E-state index contributed by atoms with van der Waals surface area (Å²) in [7, 11) is 0. The molecule has 3 atom stereocenters. The van der Waals surface area contributed by atoms with E-state index in [1.165, 1.54) is 43.9 Å². The number of hydrogen-bond acceptors (Lipinski definition) is 3. The van der Waals surface area contributed by atoms with Gasteiger partial charge in [-0.1, -0.05) is 30.5 Å². The Morgan fingerprint density at radius 1 is 1.07 bits per heavy atom. The first kappa shape index (κ1) is 21.3. The molecule has 0 aromatic heterocycles. The minimum atomic E-state index is -0.608. The molecule has 1 aliphatic carbocycles. The summed E-state index contributed by atoms with van der Waals surface area (Å²) in [6.45, 7) is 1.75. The van der Waals surface area contributed by atoms with Crippen molar-refractivity contribution in [2.24, 2.45) is 5.92 Å². The summed E-state index contributed by atoms with van der Waals surface area (Å²) in [5.74, 6) is -0.252. The summed E-state index contributed by atoms with van der Waals surface area (Å²) in [5.41, 5.74) is -0.0829. The summed E-state index contributed by atoms with van der Waals surface area (Å²) in [5, 5.41) is 3.65. The van der Waals surface area contributed by atoms with Gasteiger partial charge < -0.3 is 15.1 Å². The second-order valence-electron chi connectivity index (χ2n) is 7.82. The average Bonchev–Trinajstić information content (AvgIpc) is 3.11. The Morgan fingerprint density at radius 3 is 2.43 bits per heavy atom. The molecule has 2 amide bonds.